The molecule has 1 amide bonds. The van der Waals surface area contributed by atoms with E-state index in [1.807, 2.05) is 30.7 Å². The van der Waals surface area contributed by atoms with Crippen LogP contribution in [0.15, 0.2) is 24.3 Å². The van der Waals surface area contributed by atoms with E-state index in [1.165, 1.54) is 13.3 Å². The van der Waals surface area contributed by atoms with Crippen molar-refractivity contribution in [3.63, 3.8) is 0 Å². The molecule has 146 valence electrons. The Morgan fingerprint density at radius 3 is 3.00 bits per heavy atom. The molecule has 8 heteroatoms. The fourth-order valence-electron chi connectivity index (χ4n) is 3.91. The smallest absolute Gasteiger partial charge is 0.220 e. The quantitative estimate of drug-likeness (QED) is 0.583. The maximum atomic E-state index is 12.0. The molecule has 2 aromatic heterocycles. The number of hydrogen-bond donors (Lipinski definition) is 0. The maximum absolute atomic E-state index is 12.0. The van der Waals surface area contributed by atoms with Gasteiger partial charge in [-0.25, -0.2) is 9.97 Å². The van der Waals surface area contributed by atoms with Crippen molar-refractivity contribution in [2.45, 2.75) is 39.1 Å². The van der Waals surface area contributed by atoms with Gasteiger partial charge in [0.05, 0.1) is 17.6 Å². The van der Waals surface area contributed by atoms with Gasteiger partial charge in [0.1, 0.15) is 29.0 Å². The number of carbonyl (C=O) groups excluding carboxylic acids is 1. The van der Waals surface area contributed by atoms with Gasteiger partial charge in [-0.15, -0.1) is 6.42 Å². The minimum Gasteiger partial charge on any atom is -0.463 e. The second-order valence-corrected chi connectivity index (χ2v) is 7.86. The first kappa shape index (κ1) is 18.8. The Labute approximate surface area is 168 Å². The zero-order valence-corrected chi connectivity index (χ0v) is 16.7. The molecular weight excluding hydrogens is 380 g/mol. The lowest BCUT2D eigenvalue weighted by Crippen LogP contribution is -2.38. The first-order valence-electron chi connectivity index (χ1n) is 9.07. The monoisotopic (exact) mass is 400 g/mol. The van der Waals surface area contributed by atoms with Gasteiger partial charge >= 0.3 is 0 Å². The maximum Gasteiger partial charge on any atom is 0.220 e. The zero-order chi connectivity index (χ0) is 20.1. The van der Waals surface area contributed by atoms with Gasteiger partial charge in [0.15, 0.2) is 0 Å². The molecule has 7 nitrogen and oxygen atoms in total. The molecule has 3 heterocycles. The molecule has 2 aliphatic rings. The van der Waals surface area contributed by atoms with Crippen molar-refractivity contribution < 1.29 is 14.3 Å². The average Bonchev–Trinajstić information content (AvgIpc) is 3.27. The summed E-state index contributed by atoms with van der Waals surface area (Å²) in [5, 5.41) is 1.18. The second-order valence-electron chi connectivity index (χ2n) is 7.51. The average molecular weight is 401 g/mol. The molecule has 0 spiro atoms. The first-order chi connectivity index (χ1) is 13.3. The highest BCUT2D eigenvalue weighted by Crippen LogP contribution is 2.47. The summed E-state index contributed by atoms with van der Waals surface area (Å²) in [5.74, 6) is 2.55. The highest BCUT2D eigenvalue weighted by Gasteiger charge is 2.49. The lowest BCUT2D eigenvalue weighted by atomic mass is 10.0. The van der Waals surface area contributed by atoms with Crippen LogP contribution < -0.4 is 0 Å². The molecule has 0 N–H and O–H groups in total. The Morgan fingerprint density at radius 2 is 2.29 bits per heavy atom. The van der Waals surface area contributed by atoms with E-state index in [1.54, 1.807) is 4.90 Å². The second kappa shape index (κ2) is 6.80. The van der Waals surface area contributed by atoms with E-state index in [9.17, 15) is 4.79 Å². The van der Waals surface area contributed by atoms with Gasteiger partial charge < -0.3 is 18.9 Å². The van der Waals surface area contributed by atoms with Crippen molar-refractivity contribution in [1.29, 1.82) is 0 Å². The molecular formula is C20H21ClN4O3. The molecule has 0 radical (unpaired) electrons. The zero-order valence-electron chi connectivity index (χ0n) is 16.0. The Bertz CT molecular complexity index is 1020. The summed E-state index contributed by atoms with van der Waals surface area (Å²) in [6.45, 7) is 6.04. The lowest BCUT2D eigenvalue weighted by Gasteiger charge is -2.26. The van der Waals surface area contributed by atoms with Crippen LogP contribution >= 0.6 is 11.6 Å². The standard InChI is InChI=1S/C20H21ClN4O3/c1-5-7-24(12(2)26)10-13-9-15(17-16(13)27-20(3,4)28-17)25-8-6-14-18(21)22-11-23-19(14)25/h1,6,8,11,13,16H,7,9-10H2,2-4H3/t13-,16-/m1/s1. The minimum absolute atomic E-state index is 0.0267. The molecule has 28 heavy (non-hydrogen) atoms. The summed E-state index contributed by atoms with van der Waals surface area (Å²) in [4.78, 5) is 22.1. The molecule has 1 aliphatic carbocycles. The molecule has 1 fully saturated rings. The summed E-state index contributed by atoms with van der Waals surface area (Å²) in [5.41, 5.74) is 1.66. The van der Waals surface area contributed by atoms with Crippen molar-refractivity contribution in [2.24, 2.45) is 5.92 Å². The number of hydrogen-bond acceptors (Lipinski definition) is 5. The van der Waals surface area contributed by atoms with Crippen LogP contribution in [0.3, 0.4) is 0 Å². The molecule has 0 saturated carbocycles. The largest absolute Gasteiger partial charge is 0.463 e. The van der Waals surface area contributed by atoms with Crippen molar-refractivity contribution >= 4 is 34.2 Å². The fourth-order valence-corrected chi connectivity index (χ4v) is 4.10. The number of terminal acetylenes is 1. The first-order valence-corrected chi connectivity index (χ1v) is 9.45. The van der Waals surface area contributed by atoms with Crippen LogP contribution in [0.1, 0.15) is 27.2 Å². The number of halogens is 1. The van der Waals surface area contributed by atoms with Crippen LogP contribution in [0.4, 0.5) is 0 Å². The van der Waals surface area contributed by atoms with Gasteiger partial charge in [-0.2, -0.15) is 0 Å². The van der Waals surface area contributed by atoms with E-state index in [-0.39, 0.29) is 24.5 Å². The van der Waals surface area contributed by atoms with Gasteiger partial charge in [0, 0.05) is 39.4 Å². The highest BCUT2D eigenvalue weighted by atomic mass is 35.5. The summed E-state index contributed by atoms with van der Waals surface area (Å²) >= 11 is 6.20. The summed E-state index contributed by atoms with van der Waals surface area (Å²) < 4.78 is 14.3. The van der Waals surface area contributed by atoms with Crippen LogP contribution in [-0.2, 0) is 14.3 Å². The van der Waals surface area contributed by atoms with E-state index in [2.05, 4.69) is 15.9 Å². The van der Waals surface area contributed by atoms with E-state index in [4.69, 9.17) is 27.5 Å². The third-order valence-corrected chi connectivity index (χ3v) is 5.40. The molecule has 4 rings (SSSR count). The predicted molar refractivity (Wildman–Crippen MR) is 105 cm³/mol. The molecule has 0 unspecified atom stereocenters. The van der Waals surface area contributed by atoms with Crippen molar-refractivity contribution in [1.82, 2.24) is 19.4 Å². The van der Waals surface area contributed by atoms with Crippen LogP contribution in [0.5, 0.6) is 0 Å². The van der Waals surface area contributed by atoms with Crippen molar-refractivity contribution in [3.8, 4) is 12.3 Å². The normalized spacial score (nSPS) is 22.8. The number of amides is 1. The lowest BCUT2D eigenvalue weighted by molar-refractivity contribution is -0.144. The van der Waals surface area contributed by atoms with E-state index < -0.39 is 5.79 Å². The molecule has 2 aromatic rings. The number of ether oxygens (including phenoxy) is 2. The van der Waals surface area contributed by atoms with Gasteiger partial charge in [-0.3, -0.25) is 4.79 Å². The van der Waals surface area contributed by atoms with E-state index >= 15 is 0 Å². The SMILES string of the molecule is C#CCN(C[C@H]1CC(n2ccc3c(Cl)ncnc32)=C2OC(C)(C)O[C@@H]21)C(C)=O. The van der Waals surface area contributed by atoms with Gasteiger partial charge in [0.25, 0.3) is 0 Å². The number of allylic oxidation sites excluding steroid dienone is 1. The van der Waals surface area contributed by atoms with Gasteiger partial charge in [-0.1, -0.05) is 17.5 Å². The topological polar surface area (TPSA) is 69.5 Å². The number of aromatic nitrogens is 3. The molecule has 0 aromatic carbocycles. The van der Waals surface area contributed by atoms with E-state index in [0.717, 1.165) is 16.8 Å². The molecule has 2 atom stereocenters. The van der Waals surface area contributed by atoms with Crippen LogP contribution in [0, 0.1) is 18.3 Å². The molecule has 1 saturated heterocycles. The number of rotatable bonds is 4. The Balaban J connectivity index is 1.73. The fraction of sp³-hybridized carbons (Fsp3) is 0.450. The molecule has 1 aliphatic heterocycles. The summed E-state index contributed by atoms with van der Waals surface area (Å²) in [6.07, 6.45) is 9.19. The third kappa shape index (κ3) is 3.13. The summed E-state index contributed by atoms with van der Waals surface area (Å²) in [6, 6.07) is 1.88. The van der Waals surface area contributed by atoms with Crippen molar-refractivity contribution in [3.05, 3.63) is 29.5 Å². The Kier molecular flexibility index (Phi) is 4.56. The van der Waals surface area contributed by atoms with Crippen molar-refractivity contribution in [2.75, 3.05) is 13.1 Å². The number of fused-ring (bicyclic) bond motifs is 2. The molecule has 0 bridgehead atoms. The van der Waals surface area contributed by atoms with Crippen LogP contribution in [0.25, 0.3) is 16.7 Å². The van der Waals surface area contributed by atoms with Gasteiger partial charge in [0.2, 0.25) is 11.7 Å². The summed E-state index contributed by atoms with van der Waals surface area (Å²) in [7, 11) is 0. The minimum atomic E-state index is -0.743. The predicted octanol–water partition coefficient (Wildman–Crippen LogP) is 2.91. The number of nitrogens with zero attached hydrogens (tertiary/aromatic N) is 4. The highest BCUT2D eigenvalue weighted by molar-refractivity contribution is 6.33. The number of carbonyl (C=O) groups is 1. The van der Waals surface area contributed by atoms with Gasteiger partial charge in [-0.05, 0) is 12.5 Å². The van der Waals surface area contributed by atoms with Crippen LogP contribution in [-0.4, -0.2) is 50.3 Å². The van der Waals surface area contributed by atoms with E-state index in [0.29, 0.717) is 23.8 Å². The third-order valence-electron chi connectivity index (χ3n) is 5.10. The van der Waals surface area contributed by atoms with Crippen LogP contribution in [0.2, 0.25) is 5.15 Å². The Morgan fingerprint density at radius 1 is 1.50 bits per heavy atom. The Hall–Kier alpha value is -2.56.